The molecular formula is C20H26N6. The van der Waals surface area contributed by atoms with Crippen molar-refractivity contribution in [3.63, 3.8) is 0 Å². The molecule has 1 fully saturated rings. The molecule has 0 saturated carbocycles. The monoisotopic (exact) mass is 350 g/mol. The molecule has 0 bridgehead atoms. The topological polar surface area (TPSA) is 86.7 Å². The van der Waals surface area contributed by atoms with E-state index in [0.29, 0.717) is 17.5 Å². The number of nitrogens with zero attached hydrogens (tertiary/aromatic N) is 3. The Morgan fingerprint density at radius 2 is 2.04 bits per heavy atom. The number of aromatic amines is 1. The van der Waals surface area contributed by atoms with Gasteiger partial charge in [0.2, 0.25) is 0 Å². The van der Waals surface area contributed by atoms with Crippen LogP contribution >= 0.6 is 0 Å². The fourth-order valence-electron chi connectivity index (χ4n) is 3.79. The van der Waals surface area contributed by atoms with Gasteiger partial charge in [-0.1, -0.05) is 18.2 Å². The molecule has 2 aliphatic heterocycles. The van der Waals surface area contributed by atoms with Gasteiger partial charge in [-0.2, -0.15) is 0 Å². The first-order valence-electron chi connectivity index (χ1n) is 9.15. The number of rotatable bonds is 3. The van der Waals surface area contributed by atoms with Crippen molar-refractivity contribution < 1.29 is 0 Å². The van der Waals surface area contributed by atoms with Crippen LogP contribution < -0.4 is 11.5 Å². The molecule has 1 aromatic heterocycles. The van der Waals surface area contributed by atoms with Gasteiger partial charge in [0.1, 0.15) is 11.5 Å². The van der Waals surface area contributed by atoms with Crippen LogP contribution in [0.25, 0.3) is 16.6 Å². The van der Waals surface area contributed by atoms with Crippen LogP contribution in [0.5, 0.6) is 0 Å². The predicted octanol–water partition coefficient (Wildman–Crippen LogP) is 2.28. The molecule has 5 N–H and O–H groups in total. The lowest BCUT2D eigenvalue weighted by Gasteiger charge is -2.34. The Morgan fingerprint density at radius 3 is 2.81 bits per heavy atom. The summed E-state index contributed by atoms with van der Waals surface area (Å²) in [5, 5.41) is 1.13. The number of nitrogens with two attached hydrogens (primary N) is 2. The Hall–Kier alpha value is -2.73. The second-order valence-corrected chi connectivity index (χ2v) is 7.24. The van der Waals surface area contributed by atoms with E-state index in [2.05, 4.69) is 39.0 Å². The van der Waals surface area contributed by atoms with Crippen LogP contribution in [0.4, 0.5) is 0 Å². The highest BCUT2D eigenvalue weighted by Crippen LogP contribution is 2.26. The fourth-order valence-corrected chi connectivity index (χ4v) is 3.79. The molecule has 6 nitrogen and oxygen atoms in total. The molecule has 6 heteroatoms. The third-order valence-corrected chi connectivity index (χ3v) is 5.36. The summed E-state index contributed by atoms with van der Waals surface area (Å²) in [6.07, 6.45) is 6.13. The van der Waals surface area contributed by atoms with Gasteiger partial charge >= 0.3 is 0 Å². The van der Waals surface area contributed by atoms with Gasteiger partial charge in [0.15, 0.2) is 0 Å². The minimum Gasteiger partial charge on any atom is -0.395 e. The molecule has 0 amide bonds. The van der Waals surface area contributed by atoms with Crippen molar-refractivity contribution in [2.24, 2.45) is 22.4 Å². The van der Waals surface area contributed by atoms with E-state index in [9.17, 15) is 0 Å². The second kappa shape index (κ2) is 6.88. The third-order valence-electron chi connectivity index (χ3n) is 5.36. The highest BCUT2D eigenvalue weighted by Gasteiger charge is 2.25. The maximum atomic E-state index is 6.55. The molecular weight excluding hydrogens is 324 g/mol. The zero-order chi connectivity index (χ0) is 18.1. The van der Waals surface area contributed by atoms with E-state index in [-0.39, 0.29) is 0 Å². The molecule has 136 valence electrons. The van der Waals surface area contributed by atoms with Crippen molar-refractivity contribution in [3.05, 3.63) is 54.1 Å². The molecule has 2 aliphatic rings. The molecule has 26 heavy (non-hydrogen) atoms. The highest BCUT2D eigenvalue weighted by molar-refractivity contribution is 6.04. The van der Waals surface area contributed by atoms with Gasteiger partial charge in [0, 0.05) is 29.8 Å². The number of benzene rings is 1. The molecule has 4 rings (SSSR count). The zero-order valence-corrected chi connectivity index (χ0v) is 15.2. The summed E-state index contributed by atoms with van der Waals surface area (Å²) >= 11 is 0. The van der Waals surface area contributed by atoms with Gasteiger partial charge in [-0.05, 0) is 51.0 Å². The molecule has 1 saturated heterocycles. The molecule has 1 aromatic carbocycles. The first kappa shape index (κ1) is 16.7. The van der Waals surface area contributed by atoms with Crippen molar-refractivity contribution in [1.29, 1.82) is 0 Å². The molecule has 0 atom stereocenters. The van der Waals surface area contributed by atoms with Crippen molar-refractivity contribution in [1.82, 2.24) is 14.8 Å². The standard InChI is InChI=1S/C20H26N6/c1-25-9-6-14(7-10-25)13-26-11-8-23-20(22)19(26)18(21)17-12-15-4-2-3-5-16(15)24-17/h2-5,8,11-12,14,24H,6-7,9-10,13,21H2,1H3,(H2,22,23)/b19-18-. The molecule has 0 aliphatic carbocycles. The van der Waals surface area contributed by atoms with Crippen LogP contribution in [0.1, 0.15) is 18.5 Å². The summed E-state index contributed by atoms with van der Waals surface area (Å²) in [4.78, 5) is 12.2. The lowest BCUT2D eigenvalue weighted by Crippen LogP contribution is -2.39. The first-order chi connectivity index (χ1) is 12.6. The quantitative estimate of drug-likeness (QED) is 0.793. The maximum Gasteiger partial charge on any atom is 0.149 e. The van der Waals surface area contributed by atoms with E-state index in [1.807, 2.05) is 24.4 Å². The van der Waals surface area contributed by atoms with Crippen LogP contribution in [0.3, 0.4) is 0 Å². The summed E-state index contributed by atoms with van der Waals surface area (Å²) < 4.78 is 0. The number of fused-ring (bicyclic) bond motifs is 1. The number of likely N-dealkylation sites (tertiary alicyclic amines) is 1. The minimum atomic E-state index is 0.469. The number of hydrogen-bond acceptors (Lipinski definition) is 5. The molecule has 2 aromatic rings. The van der Waals surface area contributed by atoms with Gasteiger partial charge in [0.25, 0.3) is 0 Å². The summed E-state index contributed by atoms with van der Waals surface area (Å²) in [6, 6.07) is 10.2. The fraction of sp³-hybridized carbons (Fsp3) is 0.350. The SMILES string of the molecule is CN1CCC(CN2C=CN=C(N)/C2=C(/N)c2cc3ccccc3[nH]2)CC1. The van der Waals surface area contributed by atoms with E-state index in [1.54, 1.807) is 6.20 Å². The Bertz CT molecular complexity index is 850. The minimum absolute atomic E-state index is 0.469. The third kappa shape index (κ3) is 3.20. The van der Waals surface area contributed by atoms with Crippen LogP contribution in [-0.4, -0.2) is 47.3 Å². The van der Waals surface area contributed by atoms with Gasteiger partial charge in [0.05, 0.1) is 11.4 Å². The average molecular weight is 350 g/mol. The number of amidine groups is 1. The number of aromatic nitrogens is 1. The van der Waals surface area contributed by atoms with E-state index < -0.39 is 0 Å². The summed E-state index contributed by atoms with van der Waals surface area (Å²) in [6.45, 7) is 3.20. The van der Waals surface area contributed by atoms with Crippen molar-refractivity contribution in [3.8, 4) is 0 Å². The molecule has 3 heterocycles. The number of piperidine rings is 1. The Morgan fingerprint density at radius 1 is 1.27 bits per heavy atom. The van der Waals surface area contributed by atoms with Gasteiger partial charge in [-0.15, -0.1) is 0 Å². The summed E-state index contributed by atoms with van der Waals surface area (Å²) in [5.41, 5.74) is 16.2. The molecule has 0 radical (unpaired) electrons. The Kier molecular flexibility index (Phi) is 4.42. The number of nitrogens with one attached hydrogen (secondary N) is 1. The first-order valence-corrected chi connectivity index (χ1v) is 9.15. The predicted molar refractivity (Wildman–Crippen MR) is 107 cm³/mol. The number of para-hydroxylation sites is 1. The molecule has 0 spiro atoms. The van der Waals surface area contributed by atoms with Crippen molar-refractivity contribution >= 4 is 22.4 Å². The maximum absolute atomic E-state index is 6.55. The lowest BCUT2D eigenvalue weighted by atomic mass is 9.96. The Balaban J connectivity index is 1.64. The van der Waals surface area contributed by atoms with Crippen LogP contribution in [0.15, 0.2) is 53.4 Å². The lowest BCUT2D eigenvalue weighted by molar-refractivity contribution is 0.198. The average Bonchev–Trinajstić information content (AvgIpc) is 3.08. The summed E-state index contributed by atoms with van der Waals surface area (Å²) in [5.74, 6) is 1.10. The Labute approximate surface area is 153 Å². The van der Waals surface area contributed by atoms with Crippen LogP contribution in [0.2, 0.25) is 0 Å². The molecule has 0 unspecified atom stereocenters. The zero-order valence-electron chi connectivity index (χ0n) is 15.2. The van der Waals surface area contributed by atoms with Gasteiger partial charge < -0.3 is 26.3 Å². The van der Waals surface area contributed by atoms with Gasteiger partial charge in [-0.3, -0.25) is 0 Å². The smallest absolute Gasteiger partial charge is 0.149 e. The van der Waals surface area contributed by atoms with E-state index in [0.717, 1.165) is 41.9 Å². The number of aliphatic imine (C=N–C) groups is 1. The van der Waals surface area contributed by atoms with Crippen molar-refractivity contribution in [2.75, 3.05) is 26.7 Å². The largest absolute Gasteiger partial charge is 0.395 e. The van der Waals surface area contributed by atoms with E-state index in [1.165, 1.54) is 12.8 Å². The highest BCUT2D eigenvalue weighted by atomic mass is 15.2. The van der Waals surface area contributed by atoms with E-state index in [4.69, 9.17) is 11.5 Å². The summed E-state index contributed by atoms with van der Waals surface area (Å²) in [7, 11) is 2.18. The normalized spacial score (nSPS) is 21.3. The van der Waals surface area contributed by atoms with Gasteiger partial charge in [-0.25, -0.2) is 4.99 Å². The van der Waals surface area contributed by atoms with Crippen LogP contribution in [-0.2, 0) is 0 Å². The second-order valence-electron chi connectivity index (χ2n) is 7.24. The van der Waals surface area contributed by atoms with E-state index >= 15 is 0 Å². The van der Waals surface area contributed by atoms with Crippen LogP contribution in [0, 0.1) is 5.92 Å². The number of hydrogen-bond donors (Lipinski definition) is 3. The van der Waals surface area contributed by atoms with Crippen molar-refractivity contribution in [2.45, 2.75) is 12.8 Å². The number of H-pyrrole nitrogens is 1.